The van der Waals surface area contributed by atoms with Crippen molar-refractivity contribution in [1.29, 1.82) is 0 Å². The van der Waals surface area contributed by atoms with Crippen molar-refractivity contribution in [1.82, 2.24) is 0 Å². The fourth-order valence-electron chi connectivity index (χ4n) is 1.85. The van der Waals surface area contributed by atoms with Gasteiger partial charge in [-0.25, -0.2) is 0 Å². The van der Waals surface area contributed by atoms with E-state index in [2.05, 4.69) is 47.1 Å². The lowest BCUT2D eigenvalue weighted by Gasteiger charge is -2.14. The summed E-state index contributed by atoms with van der Waals surface area (Å²) in [5.41, 5.74) is 9.40. The van der Waals surface area contributed by atoms with Crippen LogP contribution in [0.1, 0.15) is 29.7 Å². The van der Waals surface area contributed by atoms with E-state index in [-0.39, 0.29) is 6.04 Å². The maximum absolute atomic E-state index is 5.97. The average molecular weight is 320 g/mol. The van der Waals surface area contributed by atoms with E-state index in [4.69, 9.17) is 10.5 Å². The molecular weight excluding hydrogens is 302 g/mol. The second-order valence-electron chi connectivity index (χ2n) is 4.75. The van der Waals surface area contributed by atoms with Gasteiger partial charge in [0.05, 0.1) is 0 Å². The number of halogens is 1. The fraction of sp³-hybridized carbons (Fsp3) is 0.250. The van der Waals surface area contributed by atoms with Crippen molar-refractivity contribution in [3.8, 4) is 5.75 Å². The molecule has 3 heteroatoms. The minimum absolute atomic E-state index is 0.0504. The van der Waals surface area contributed by atoms with Crippen molar-refractivity contribution in [2.75, 3.05) is 0 Å². The lowest BCUT2D eigenvalue weighted by molar-refractivity contribution is 0.301. The van der Waals surface area contributed by atoms with Crippen molar-refractivity contribution in [2.45, 2.75) is 26.5 Å². The van der Waals surface area contributed by atoms with Crippen molar-refractivity contribution in [3.05, 3.63) is 63.6 Å². The van der Waals surface area contributed by atoms with Gasteiger partial charge in [-0.15, -0.1) is 0 Å². The number of nitrogens with two attached hydrogens (primary N) is 1. The van der Waals surface area contributed by atoms with Gasteiger partial charge in [-0.1, -0.05) is 45.8 Å². The predicted molar refractivity (Wildman–Crippen MR) is 82.3 cm³/mol. The van der Waals surface area contributed by atoms with Gasteiger partial charge < -0.3 is 10.5 Å². The van der Waals surface area contributed by atoms with E-state index in [9.17, 15) is 0 Å². The highest BCUT2D eigenvalue weighted by atomic mass is 79.9. The Morgan fingerprint density at radius 2 is 1.84 bits per heavy atom. The first-order valence-corrected chi connectivity index (χ1v) is 7.09. The summed E-state index contributed by atoms with van der Waals surface area (Å²) < 4.78 is 6.89. The van der Waals surface area contributed by atoms with Crippen molar-refractivity contribution < 1.29 is 4.74 Å². The van der Waals surface area contributed by atoms with Gasteiger partial charge in [0.2, 0.25) is 0 Å². The van der Waals surface area contributed by atoms with Gasteiger partial charge in [-0.2, -0.15) is 0 Å². The van der Waals surface area contributed by atoms with Crippen LogP contribution in [0, 0.1) is 6.92 Å². The molecule has 0 amide bonds. The van der Waals surface area contributed by atoms with E-state index in [0.29, 0.717) is 6.61 Å². The molecule has 0 bridgehead atoms. The van der Waals surface area contributed by atoms with E-state index in [1.807, 2.05) is 25.1 Å². The molecule has 0 unspecified atom stereocenters. The molecule has 2 nitrogen and oxygen atoms in total. The van der Waals surface area contributed by atoms with Gasteiger partial charge in [-0.05, 0) is 37.6 Å². The molecule has 0 aromatic heterocycles. The SMILES string of the molecule is Cc1ccc(COc2ccc(Br)cc2[C@H](C)N)cc1. The quantitative estimate of drug-likeness (QED) is 0.908. The number of hydrogen-bond acceptors (Lipinski definition) is 2. The minimum Gasteiger partial charge on any atom is -0.489 e. The second-order valence-corrected chi connectivity index (χ2v) is 5.66. The molecule has 0 heterocycles. The Bertz CT molecular complexity index is 549. The molecule has 1 atom stereocenters. The molecule has 2 rings (SSSR count). The first-order chi connectivity index (χ1) is 9.06. The summed E-state index contributed by atoms with van der Waals surface area (Å²) in [6.07, 6.45) is 0. The van der Waals surface area contributed by atoms with Crippen LogP contribution in [0.3, 0.4) is 0 Å². The molecule has 0 radical (unpaired) electrons. The number of benzene rings is 2. The van der Waals surface area contributed by atoms with Gasteiger partial charge in [-0.3, -0.25) is 0 Å². The Morgan fingerprint density at radius 1 is 1.16 bits per heavy atom. The van der Waals surface area contributed by atoms with E-state index in [1.54, 1.807) is 0 Å². The first-order valence-electron chi connectivity index (χ1n) is 6.29. The van der Waals surface area contributed by atoms with E-state index < -0.39 is 0 Å². The number of hydrogen-bond donors (Lipinski definition) is 1. The highest BCUT2D eigenvalue weighted by molar-refractivity contribution is 9.10. The summed E-state index contributed by atoms with van der Waals surface area (Å²) in [5.74, 6) is 0.846. The monoisotopic (exact) mass is 319 g/mol. The average Bonchev–Trinajstić information content (AvgIpc) is 2.39. The Labute approximate surface area is 122 Å². The third-order valence-electron chi connectivity index (χ3n) is 2.98. The Hall–Kier alpha value is -1.32. The van der Waals surface area contributed by atoms with Crippen LogP contribution in [0.5, 0.6) is 5.75 Å². The van der Waals surface area contributed by atoms with E-state index in [1.165, 1.54) is 5.56 Å². The number of ether oxygens (including phenoxy) is 1. The Balaban J connectivity index is 2.13. The largest absolute Gasteiger partial charge is 0.489 e. The second kappa shape index (κ2) is 6.22. The van der Waals surface area contributed by atoms with Crippen LogP contribution in [0.15, 0.2) is 46.9 Å². The molecule has 19 heavy (non-hydrogen) atoms. The third-order valence-corrected chi connectivity index (χ3v) is 3.47. The van der Waals surface area contributed by atoms with E-state index >= 15 is 0 Å². The van der Waals surface area contributed by atoms with Gasteiger partial charge in [0.15, 0.2) is 0 Å². The Kier molecular flexibility index (Phi) is 4.61. The fourth-order valence-corrected chi connectivity index (χ4v) is 2.23. The molecule has 2 aromatic rings. The summed E-state index contributed by atoms with van der Waals surface area (Å²) in [6.45, 7) is 4.59. The van der Waals surface area contributed by atoms with Gasteiger partial charge in [0.1, 0.15) is 12.4 Å². The molecule has 0 fully saturated rings. The van der Waals surface area contributed by atoms with Crippen LogP contribution in [-0.2, 0) is 6.61 Å². The third kappa shape index (κ3) is 3.82. The zero-order chi connectivity index (χ0) is 13.8. The number of aryl methyl sites for hydroxylation is 1. The molecule has 0 aliphatic carbocycles. The number of rotatable bonds is 4. The molecule has 2 aromatic carbocycles. The predicted octanol–water partition coefficient (Wildman–Crippen LogP) is 4.36. The molecule has 0 aliphatic rings. The van der Waals surface area contributed by atoms with Gasteiger partial charge in [0, 0.05) is 16.1 Å². The highest BCUT2D eigenvalue weighted by Gasteiger charge is 2.09. The van der Waals surface area contributed by atoms with Gasteiger partial charge in [0.25, 0.3) is 0 Å². The highest BCUT2D eigenvalue weighted by Crippen LogP contribution is 2.28. The van der Waals surface area contributed by atoms with Crippen molar-refractivity contribution in [3.63, 3.8) is 0 Å². The standard InChI is InChI=1S/C16H18BrNO/c1-11-3-5-13(6-4-11)10-19-16-8-7-14(17)9-15(16)12(2)18/h3-9,12H,10,18H2,1-2H3/t12-/m0/s1. The summed E-state index contributed by atoms with van der Waals surface area (Å²) in [5, 5.41) is 0. The molecule has 2 N–H and O–H groups in total. The van der Waals surface area contributed by atoms with Crippen LogP contribution >= 0.6 is 15.9 Å². The smallest absolute Gasteiger partial charge is 0.124 e. The van der Waals surface area contributed by atoms with Crippen LogP contribution in [0.25, 0.3) is 0 Å². The normalized spacial score (nSPS) is 12.2. The van der Waals surface area contributed by atoms with Crippen molar-refractivity contribution in [2.24, 2.45) is 5.73 Å². The molecule has 100 valence electrons. The first kappa shape index (κ1) is 14.1. The summed E-state index contributed by atoms with van der Waals surface area (Å²) in [7, 11) is 0. The van der Waals surface area contributed by atoms with Crippen LogP contribution < -0.4 is 10.5 Å². The zero-order valence-corrected chi connectivity index (χ0v) is 12.8. The molecular formula is C16H18BrNO. The maximum atomic E-state index is 5.97. The van der Waals surface area contributed by atoms with Gasteiger partial charge >= 0.3 is 0 Å². The molecule has 0 saturated carbocycles. The van der Waals surface area contributed by atoms with Crippen LogP contribution in [0.2, 0.25) is 0 Å². The zero-order valence-electron chi connectivity index (χ0n) is 11.2. The van der Waals surface area contributed by atoms with Crippen LogP contribution in [-0.4, -0.2) is 0 Å². The summed E-state index contributed by atoms with van der Waals surface area (Å²) in [6, 6.07) is 14.2. The van der Waals surface area contributed by atoms with Crippen molar-refractivity contribution >= 4 is 15.9 Å². The summed E-state index contributed by atoms with van der Waals surface area (Å²) in [4.78, 5) is 0. The molecule has 0 aliphatic heterocycles. The lowest BCUT2D eigenvalue weighted by atomic mass is 10.1. The molecule has 0 spiro atoms. The summed E-state index contributed by atoms with van der Waals surface area (Å²) >= 11 is 3.46. The lowest BCUT2D eigenvalue weighted by Crippen LogP contribution is -2.08. The van der Waals surface area contributed by atoms with Crippen LogP contribution in [0.4, 0.5) is 0 Å². The Morgan fingerprint density at radius 3 is 2.47 bits per heavy atom. The minimum atomic E-state index is -0.0504. The molecule has 0 saturated heterocycles. The topological polar surface area (TPSA) is 35.2 Å². The van der Waals surface area contributed by atoms with E-state index in [0.717, 1.165) is 21.3 Å². The maximum Gasteiger partial charge on any atom is 0.124 e.